The van der Waals surface area contributed by atoms with Crippen LogP contribution in [0.2, 0.25) is 0 Å². The number of carbonyl (C=O) groups is 2. The SMILES string of the molecule is CC(=O)N1c2ccc(C(CN)CNCCC#N)cc2N(C(=O)C2CC2)C[C@@H]1C. The summed E-state index contributed by atoms with van der Waals surface area (Å²) < 4.78 is 0. The second-order valence-electron chi connectivity index (χ2n) is 7.75. The van der Waals surface area contributed by atoms with E-state index in [0.29, 0.717) is 32.6 Å². The van der Waals surface area contributed by atoms with E-state index >= 15 is 0 Å². The fraction of sp³-hybridized carbons (Fsp3) is 0.571. The number of nitrogens with one attached hydrogen (secondary N) is 1. The Kier molecular flexibility index (Phi) is 6.32. The molecule has 2 atom stereocenters. The van der Waals surface area contributed by atoms with Crippen molar-refractivity contribution < 1.29 is 9.59 Å². The van der Waals surface area contributed by atoms with Crippen LogP contribution in [0.1, 0.15) is 44.6 Å². The number of benzene rings is 1. The Morgan fingerprint density at radius 1 is 1.36 bits per heavy atom. The third-order valence-corrected chi connectivity index (χ3v) is 5.53. The monoisotopic (exact) mass is 383 g/mol. The van der Waals surface area contributed by atoms with Gasteiger partial charge in [-0.15, -0.1) is 0 Å². The van der Waals surface area contributed by atoms with Crippen molar-refractivity contribution in [3.05, 3.63) is 23.8 Å². The molecule has 0 spiro atoms. The molecule has 1 aliphatic carbocycles. The molecule has 0 bridgehead atoms. The van der Waals surface area contributed by atoms with Gasteiger partial charge in [-0.1, -0.05) is 6.07 Å². The van der Waals surface area contributed by atoms with Gasteiger partial charge in [0.25, 0.3) is 0 Å². The van der Waals surface area contributed by atoms with Crippen molar-refractivity contribution >= 4 is 23.2 Å². The summed E-state index contributed by atoms with van der Waals surface area (Å²) in [5.74, 6) is 0.330. The maximum Gasteiger partial charge on any atom is 0.230 e. The lowest BCUT2D eigenvalue weighted by molar-refractivity contribution is -0.120. The van der Waals surface area contributed by atoms with Gasteiger partial charge in [-0.2, -0.15) is 5.26 Å². The number of rotatable bonds is 7. The van der Waals surface area contributed by atoms with Gasteiger partial charge < -0.3 is 20.9 Å². The Labute approximate surface area is 166 Å². The topological polar surface area (TPSA) is 102 Å². The molecule has 2 aliphatic rings. The Bertz CT molecular complexity index is 783. The fourth-order valence-electron chi connectivity index (χ4n) is 3.89. The van der Waals surface area contributed by atoms with Crippen molar-refractivity contribution in [1.29, 1.82) is 5.26 Å². The van der Waals surface area contributed by atoms with E-state index in [9.17, 15) is 9.59 Å². The van der Waals surface area contributed by atoms with Gasteiger partial charge in [-0.05, 0) is 37.5 Å². The fourth-order valence-corrected chi connectivity index (χ4v) is 3.89. The molecule has 7 heteroatoms. The molecule has 1 fully saturated rings. The minimum atomic E-state index is -0.0588. The number of nitrogens with two attached hydrogens (primary N) is 1. The molecular formula is C21H29N5O2. The van der Waals surface area contributed by atoms with Crippen LogP contribution < -0.4 is 20.9 Å². The van der Waals surface area contributed by atoms with Crippen molar-refractivity contribution in [2.75, 3.05) is 36.0 Å². The summed E-state index contributed by atoms with van der Waals surface area (Å²) in [5, 5.41) is 11.9. The normalized spacial score (nSPS) is 19.7. The van der Waals surface area contributed by atoms with E-state index < -0.39 is 0 Å². The molecule has 1 heterocycles. The average Bonchev–Trinajstić information content (AvgIpc) is 3.51. The summed E-state index contributed by atoms with van der Waals surface area (Å²) in [6.45, 7) is 5.81. The number of hydrogen-bond acceptors (Lipinski definition) is 5. The van der Waals surface area contributed by atoms with Crippen LogP contribution in [-0.4, -0.2) is 44.0 Å². The van der Waals surface area contributed by atoms with Crippen LogP contribution in [0.15, 0.2) is 18.2 Å². The lowest BCUT2D eigenvalue weighted by Crippen LogP contribution is -2.51. The van der Waals surface area contributed by atoms with Crippen LogP contribution in [0.3, 0.4) is 0 Å². The molecule has 1 saturated carbocycles. The zero-order valence-electron chi connectivity index (χ0n) is 16.6. The Balaban J connectivity index is 1.92. The smallest absolute Gasteiger partial charge is 0.230 e. The minimum Gasteiger partial charge on any atom is -0.330 e. The number of nitrogens with zero attached hydrogens (tertiary/aromatic N) is 3. The van der Waals surface area contributed by atoms with Crippen molar-refractivity contribution in [3.63, 3.8) is 0 Å². The molecule has 2 amide bonds. The molecule has 3 N–H and O–H groups in total. The van der Waals surface area contributed by atoms with E-state index in [4.69, 9.17) is 11.0 Å². The highest BCUT2D eigenvalue weighted by Gasteiger charge is 2.39. The molecule has 150 valence electrons. The summed E-state index contributed by atoms with van der Waals surface area (Å²) in [6.07, 6.45) is 2.35. The molecular weight excluding hydrogens is 354 g/mol. The zero-order valence-corrected chi connectivity index (χ0v) is 16.6. The van der Waals surface area contributed by atoms with Crippen LogP contribution in [0.25, 0.3) is 0 Å². The minimum absolute atomic E-state index is 0.0198. The zero-order chi connectivity index (χ0) is 20.3. The van der Waals surface area contributed by atoms with Gasteiger partial charge in [0.05, 0.1) is 23.5 Å². The van der Waals surface area contributed by atoms with Crippen molar-refractivity contribution in [2.45, 2.75) is 45.1 Å². The number of carbonyl (C=O) groups excluding carboxylic acids is 2. The molecule has 0 aromatic heterocycles. The Hall–Kier alpha value is -2.43. The molecule has 0 saturated heterocycles. The van der Waals surface area contributed by atoms with Crippen molar-refractivity contribution in [1.82, 2.24) is 5.32 Å². The van der Waals surface area contributed by atoms with E-state index in [1.165, 1.54) is 0 Å². The number of amides is 2. The first-order valence-corrected chi connectivity index (χ1v) is 10.0. The standard InChI is InChI=1S/C21H29N5O2/c1-14-13-25(21(28)16-4-5-16)20-10-17(6-7-19(20)26(14)15(2)27)18(11-23)12-24-9-3-8-22/h6-7,10,14,16,18,24H,3-5,9,11-13,23H2,1-2H3/t14-,18?/m0/s1. The molecule has 1 aromatic carbocycles. The first-order valence-electron chi connectivity index (χ1n) is 10.0. The van der Waals surface area contributed by atoms with Crippen LogP contribution in [0.4, 0.5) is 11.4 Å². The number of hydrogen-bond donors (Lipinski definition) is 2. The maximum absolute atomic E-state index is 12.9. The molecule has 3 rings (SSSR count). The summed E-state index contributed by atoms with van der Waals surface area (Å²) in [4.78, 5) is 28.8. The second kappa shape index (κ2) is 8.72. The molecule has 0 radical (unpaired) electrons. The maximum atomic E-state index is 12.9. The van der Waals surface area contributed by atoms with Gasteiger partial charge >= 0.3 is 0 Å². The van der Waals surface area contributed by atoms with Gasteiger partial charge in [0.2, 0.25) is 11.8 Å². The van der Waals surface area contributed by atoms with E-state index in [0.717, 1.165) is 29.8 Å². The van der Waals surface area contributed by atoms with Gasteiger partial charge in [0, 0.05) is 51.4 Å². The quantitative estimate of drug-likeness (QED) is 0.698. The average molecular weight is 383 g/mol. The second-order valence-corrected chi connectivity index (χ2v) is 7.75. The molecule has 7 nitrogen and oxygen atoms in total. The number of fused-ring (bicyclic) bond motifs is 1. The predicted molar refractivity (Wildman–Crippen MR) is 109 cm³/mol. The molecule has 28 heavy (non-hydrogen) atoms. The lowest BCUT2D eigenvalue weighted by atomic mass is 9.95. The number of anilines is 2. The third-order valence-electron chi connectivity index (χ3n) is 5.53. The first-order chi connectivity index (χ1) is 13.5. The Morgan fingerprint density at radius 2 is 2.11 bits per heavy atom. The van der Waals surface area contributed by atoms with Gasteiger partial charge in [-0.3, -0.25) is 9.59 Å². The summed E-state index contributed by atoms with van der Waals surface area (Å²) in [5.41, 5.74) is 8.63. The van der Waals surface area contributed by atoms with Crippen molar-refractivity contribution in [2.24, 2.45) is 11.7 Å². The van der Waals surface area contributed by atoms with Crippen molar-refractivity contribution in [3.8, 4) is 6.07 Å². The van der Waals surface area contributed by atoms with E-state index in [-0.39, 0.29) is 29.7 Å². The lowest BCUT2D eigenvalue weighted by Gasteiger charge is -2.41. The van der Waals surface area contributed by atoms with Crippen LogP contribution in [0.5, 0.6) is 0 Å². The van der Waals surface area contributed by atoms with Crippen LogP contribution in [0, 0.1) is 17.2 Å². The van der Waals surface area contributed by atoms with Gasteiger partial charge in [0.15, 0.2) is 0 Å². The first kappa shape index (κ1) is 20.3. The van der Waals surface area contributed by atoms with Crippen LogP contribution in [-0.2, 0) is 9.59 Å². The van der Waals surface area contributed by atoms with E-state index in [2.05, 4.69) is 11.4 Å². The van der Waals surface area contributed by atoms with Gasteiger partial charge in [-0.25, -0.2) is 0 Å². The largest absolute Gasteiger partial charge is 0.330 e. The highest BCUT2D eigenvalue weighted by Crippen LogP contribution is 2.41. The van der Waals surface area contributed by atoms with E-state index in [1.54, 1.807) is 11.8 Å². The summed E-state index contributed by atoms with van der Waals surface area (Å²) in [6, 6.07) is 8.01. The molecule has 1 unspecified atom stereocenters. The van der Waals surface area contributed by atoms with Crippen LogP contribution >= 0.6 is 0 Å². The predicted octanol–water partition coefficient (Wildman–Crippen LogP) is 1.73. The summed E-state index contributed by atoms with van der Waals surface area (Å²) >= 11 is 0. The van der Waals surface area contributed by atoms with Gasteiger partial charge in [0.1, 0.15) is 0 Å². The third kappa shape index (κ3) is 4.18. The Morgan fingerprint density at radius 3 is 2.71 bits per heavy atom. The number of nitriles is 1. The molecule has 1 aliphatic heterocycles. The molecule has 1 aromatic rings. The summed E-state index contributed by atoms with van der Waals surface area (Å²) in [7, 11) is 0. The highest BCUT2D eigenvalue weighted by molar-refractivity contribution is 6.05. The highest BCUT2D eigenvalue weighted by atomic mass is 16.2. The van der Waals surface area contributed by atoms with E-state index in [1.807, 2.05) is 30.0 Å².